The van der Waals surface area contributed by atoms with E-state index in [0.717, 1.165) is 12.8 Å². The number of halogens is 1. The first-order valence-corrected chi connectivity index (χ1v) is 8.75. The number of nitriles is 1. The van der Waals surface area contributed by atoms with E-state index < -0.39 is 10.0 Å². The van der Waals surface area contributed by atoms with Gasteiger partial charge in [0.1, 0.15) is 6.07 Å². The largest absolute Gasteiger partial charge is 0.240 e. The Bertz CT molecular complexity index is 634. The Balaban J connectivity index is 2.16. The van der Waals surface area contributed by atoms with Crippen LogP contribution in [0.3, 0.4) is 0 Å². The summed E-state index contributed by atoms with van der Waals surface area (Å²) in [5.74, 6) is 0. The maximum Gasteiger partial charge on any atom is 0.240 e. The van der Waals surface area contributed by atoms with Crippen molar-refractivity contribution in [3.8, 4) is 6.07 Å². The zero-order chi connectivity index (χ0) is 14.1. The van der Waals surface area contributed by atoms with Crippen LogP contribution < -0.4 is 4.72 Å². The van der Waals surface area contributed by atoms with Crippen LogP contribution in [0.15, 0.2) is 23.1 Å². The lowest BCUT2D eigenvalue weighted by Crippen LogP contribution is -2.31. The first kappa shape index (κ1) is 14.7. The third kappa shape index (κ3) is 3.23. The maximum absolute atomic E-state index is 12.1. The number of sulfonamides is 1. The molecule has 1 N–H and O–H groups in total. The lowest BCUT2D eigenvalue weighted by molar-refractivity contribution is 0.580. The zero-order valence-electron chi connectivity index (χ0n) is 10.3. The Morgan fingerprint density at radius 3 is 2.68 bits per heavy atom. The van der Waals surface area contributed by atoms with Crippen molar-refractivity contribution in [2.24, 2.45) is 0 Å². The molecule has 1 aromatic rings. The van der Waals surface area contributed by atoms with E-state index in [4.69, 9.17) is 16.9 Å². The third-order valence-corrected chi connectivity index (χ3v) is 6.33. The van der Waals surface area contributed by atoms with Crippen molar-refractivity contribution in [2.75, 3.05) is 12.8 Å². The highest BCUT2D eigenvalue weighted by atomic mass is 35.5. The summed E-state index contributed by atoms with van der Waals surface area (Å²) in [7, 11) is -3.57. The summed E-state index contributed by atoms with van der Waals surface area (Å²) < 4.78 is 26.9. The fourth-order valence-electron chi connectivity index (χ4n) is 1.66. The molecule has 102 valence electrons. The van der Waals surface area contributed by atoms with Gasteiger partial charge in [0.2, 0.25) is 10.0 Å². The maximum atomic E-state index is 12.1. The smallest absolute Gasteiger partial charge is 0.210 e. The molecule has 0 heterocycles. The van der Waals surface area contributed by atoms with Crippen LogP contribution in [0.1, 0.15) is 18.4 Å². The van der Waals surface area contributed by atoms with E-state index in [2.05, 4.69) is 4.72 Å². The predicted octanol–water partition coefficient (Wildman–Crippen LogP) is 2.39. The zero-order valence-corrected chi connectivity index (χ0v) is 12.7. The highest BCUT2D eigenvalue weighted by molar-refractivity contribution is 8.00. The second-order valence-corrected chi connectivity index (χ2v) is 7.91. The Labute approximate surface area is 122 Å². The van der Waals surface area contributed by atoms with Gasteiger partial charge in [-0.15, -0.1) is 0 Å². The highest BCUT2D eigenvalue weighted by Gasteiger charge is 2.42. The molecule has 0 unspecified atom stereocenters. The van der Waals surface area contributed by atoms with E-state index in [1.54, 1.807) is 11.8 Å². The van der Waals surface area contributed by atoms with E-state index in [0.29, 0.717) is 6.54 Å². The van der Waals surface area contributed by atoms with Gasteiger partial charge in [0.15, 0.2) is 0 Å². The van der Waals surface area contributed by atoms with E-state index in [-0.39, 0.29) is 20.2 Å². The van der Waals surface area contributed by atoms with Gasteiger partial charge in [0.25, 0.3) is 0 Å². The van der Waals surface area contributed by atoms with Crippen LogP contribution in [-0.2, 0) is 10.0 Å². The number of benzene rings is 1. The van der Waals surface area contributed by atoms with Crippen molar-refractivity contribution >= 4 is 33.4 Å². The van der Waals surface area contributed by atoms with Crippen molar-refractivity contribution in [2.45, 2.75) is 22.5 Å². The summed E-state index contributed by atoms with van der Waals surface area (Å²) in [5, 5.41) is 8.91. The van der Waals surface area contributed by atoms with Gasteiger partial charge in [-0.3, -0.25) is 0 Å². The minimum absolute atomic E-state index is 0.0590. The van der Waals surface area contributed by atoms with Crippen LogP contribution >= 0.6 is 23.4 Å². The quantitative estimate of drug-likeness (QED) is 0.905. The predicted molar refractivity (Wildman–Crippen MR) is 76.8 cm³/mol. The standard InChI is InChI=1S/C12H13ClN2O2S2/c1-18-12(4-5-12)8-15-19(16,17)10-3-2-9(7-14)11(13)6-10/h2-3,6,15H,4-5,8H2,1H3. The molecule has 1 saturated carbocycles. The van der Waals surface area contributed by atoms with Crippen LogP contribution in [0.4, 0.5) is 0 Å². The summed E-state index contributed by atoms with van der Waals surface area (Å²) in [4.78, 5) is 0.0911. The van der Waals surface area contributed by atoms with Gasteiger partial charge in [0.05, 0.1) is 15.5 Å². The molecule has 0 saturated heterocycles. The number of nitrogens with one attached hydrogen (secondary N) is 1. The van der Waals surface area contributed by atoms with Crippen molar-refractivity contribution in [1.29, 1.82) is 5.26 Å². The number of nitrogens with zero attached hydrogens (tertiary/aromatic N) is 1. The first-order valence-electron chi connectivity index (χ1n) is 5.67. The Morgan fingerprint density at radius 2 is 2.21 bits per heavy atom. The summed E-state index contributed by atoms with van der Waals surface area (Å²) in [6.07, 6.45) is 4.05. The SMILES string of the molecule is CSC1(CNS(=O)(=O)c2ccc(C#N)c(Cl)c2)CC1. The molecular weight excluding hydrogens is 304 g/mol. The second-order valence-electron chi connectivity index (χ2n) is 4.47. The lowest BCUT2D eigenvalue weighted by atomic mass is 10.2. The lowest BCUT2D eigenvalue weighted by Gasteiger charge is -2.13. The van der Waals surface area contributed by atoms with E-state index in [1.165, 1.54) is 18.2 Å². The fraction of sp³-hybridized carbons (Fsp3) is 0.417. The van der Waals surface area contributed by atoms with Gasteiger partial charge in [-0.05, 0) is 37.3 Å². The van der Waals surface area contributed by atoms with Crippen molar-refractivity contribution in [3.63, 3.8) is 0 Å². The Morgan fingerprint density at radius 1 is 1.53 bits per heavy atom. The molecule has 0 aromatic heterocycles. The van der Waals surface area contributed by atoms with E-state index >= 15 is 0 Å². The van der Waals surface area contributed by atoms with Crippen LogP contribution in [0.2, 0.25) is 5.02 Å². The summed E-state index contributed by atoms with van der Waals surface area (Å²) in [6.45, 7) is 0.425. The Hall–Kier alpha value is -0.740. The molecule has 19 heavy (non-hydrogen) atoms. The number of rotatable bonds is 5. The minimum atomic E-state index is -3.57. The number of thioether (sulfide) groups is 1. The van der Waals surface area contributed by atoms with Crippen LogP contribution in [0, 0.1) is 11.3 Å². The average Bonchev–Trinajstić information content (AvgIpc) is 3.17. The van der Waals surface area contributed by atoms with Crippen molar-refractivity contribution in [3.05, 3.63) is 28.8 Å². The van der Waals surface area contributed by atoms with Crippen LogP contribution in [0.5, 0.6) is 0 Å². The number of hydrogen-bond donors (Lipinski definition) is 1. The molecule has 1 fully saturated rings. The molecule has 7 heteroatoms. The average molecular weight is 317 g/mol. The summed E-state index contributed by atoms with van der Waals surface area (Å²) >= 11 is 7.53. The second kappa shape index (κ2) is 5.33. The Kier molecular flexibility index (Phi) is 4.11. The van der Waals surface area contributed by atoms with Gasteiger partial charge >= 0.3 is 0 Å². The molecule has 0 aliphatic heterocycles. The minimum Gasteiger partial charge on any atom is -0.210 e. The van der Waals surface area contributed by atoms with Gasteiger partial charge in [-0.25, -0.2) is 13.1 Å². The normalized spacial score (nSPS) is 16.9. The molecule has 0 amide bonds. The van der Waals surface area contributed by atoms with Crippen molar-refractivity contribution < 1.29 is 8.42 Å². The molecular formula is C12H13ClN2O2S2. The molecule has 0 bridgehead atoms. The molecule has 1 aliphatic rings. The molecule has 1 aliphatic carbocycles. The molecule has 0 radical (unpaired) electrons. The van der Waals surface area contributed by atoms with E-state index in [1.807, 2.05) is 12.3 Å². The molecule has 4 nitrogen and oxygen atoms in total. The van der Waals surface area contributed by atoms with Gasteiger partial charge in [-0.2, -0.15) is 17.0 Å². The van der Waals surface area contributed by atoms with Crippen LogP contribution in [0.25, 0.3) is 0 Å². The first-order chi connectivity index (χ1) is 8.92. The highest BCUT2D eigenvalue weighted by Crippen LogP contribution is 2.46. The molecule has 1 aromatic carbocycles. The number of hydrogen-bond acceptors (Lipinski definition) is 4. The molecule has 0 spiro atoms. The molecule has 2 rings (SSSR count). The topological polar surface area (TPSA) is 70.0 Å². The van der Waals surface area contributed by atoms with Crippen LogP contribution in [-0.4, -0.2) is 26.0 Å². The molecule has 0 atom stereocenters. The summed E-state index contributed by atoms with van der Waals surface area (Å²) in [6, 6.07) is 6.01. The van der Waals surface area contributed by atoms with E-state index in [9.17, 15) is 8.42 Å². The monoisotopic (exact) mass is 316 g/mol. The van der Waals surface area contributed by atoms with Gasteiger partial charge in [-0.1, -0.05) is 11.6 Å². The van der Waals surface area contributed by atoms with Crippen molar-refractivity contribution in [1.82, 2.24) is 4.72 Å². The summed E-state index contributed by atoms with van der Waals surface area (Å²) in [5.41, 5.74) is 0.267. The van der Waals surface area contributed by atoms with Gasteiger partial charge < -0.3 is 0 Å². The fourth-order valence-corrected chi connectivity index (χ4v) is 3.91. The van der Waals surface area contributed by atoms with Gasteiger partial charge in [0, 0.05) is 11.3 Å². The third-order valence-electron chi connectivity index (χ3n) is 3.20.